The molecule has 2 rings (SSSR count). The zero-order valence-corrected chi connectivity index (χ0v) is 11.9. The van der Waals surface area contributed by atoms with Crippen LogP contribution < -0.4 is 14.8 Å². The van der Waals surface area contributed by atoms with E-state index in [1.807, 2.05) is 0 Å². The van der Waals surface area contributed by atoms with Gasteiger partial charge in [-0.1, -0.05) is 0 Å². The summed E-state index contributed by atoms with van der Waals surface area (Å²) in [7, 11) is 1.56. The largest absolute Gasteiger partial charge is 0.497 e. The van der Waals surface area contributed by atoms with Crippen LogP contribution in [0.1, 0.15) is 6.42 Å². The molecular weight excluding hydrogens is 292 g/mol. The van der Waals surface area contributed by atoms with Crippen molar-refractivity contribution < 1.29 is 23.0 Å². The first-order chi connectivity index (χ1) is 10.6. The SMILES string of the molecule is COc1ccc(OCCC(=O)Nc2cc(F)cc(F)c2)cc1. The van der Waals surface area contributed by atoms with E-state index in [4.69, 9.17) is 9.47 Å². The second-order valence-corrected chi connectivity index (χ2v) is 4.48. The van der Waals surface area contributed by atoms with Crippen LogP contribution in [0.2, 0.25) is 0 Å². The second kappa shape index (κ2) is 7.40. The molecule has 0 atom stereocenters. The Morgan fingerprint density at radius 3 is 2.23 bits per heavy atom. The van der Waals surface area contributed by atoms with Crippen molar-refractivity contribution in [3.05, 3.63) is 54.1 Å². The molecule has 0 aliphatic heterocycles. The third-order valence-corrected chi connectivity index (χ3v) is 2.80. The average Bonchev–Trinajstić information content (AvgIpc) is 2.47. The van der Waals surface area contributed by atoms with Crippen molar-refractivity contribution in [3.8, 4) is 11.5 Å². The smallest absolute Gasteiger partial charge is 0.227 e. The molecule has 6 heteroatoms. The van der Waals surface area contributed by atoms with Gasteiger partial charge in [-0.25, -0.2) is 8.78 Å². The van der Waals surface area contributed by atoms with E-state index >= 15 is 0 Å². The first kappa shape index (κ1) is 15.8. The Hall–Kier alpha value is -2.63. The molecule has 2 aromatic carbocycles. The van der Waals surface area contributed by atoms with Gasteiger partial charge < -0.3 is 14.8 Å². The minimum atomic E-state index is -0.746. The van der Waals surface area contributed by atoms with Crippen LogP contribution in [-0.4, -0.2) is 19.6 Å². The normalized spacial score (nSPS) is 10.1. The van der Waals surface area contributed by atoms with Gasteiger partial charge >= 0.3 is 0 Å². The lowest BCUT2D eigenvalue weighted by atomic mass is 10.3. The van der Waals surface area contributed by atoms with Gasteiger partial charge in [0.2, 0.25) is 5.91 Å². The fourth-order valence-electron chi connectivity index (χ4n) is 1.78. The van der Waals surface area contributed by atoms with Crippen LogP contribution in [-0.2, 0) is 4.79 Å². The van der Waals surface area contributed by atoms with E-state index in [2.05, 4.69) is 5.32 Å². The molecule has 0 aliphatic carbocycles. The van der Waals surface area contributed by atoms with Crippen molar-refractivity contribution in [1.82, 2.24) is 0 Å². The first-order valence-corrected chi connectivity index (χ1v) is 6.59. The summed E-state index contributed by atoms with van der Waals surface area (Å²) < 4.78 is 36.4. The highest BCUT2D eigenvalue weighted by Crippen LogP contribution is 2.17. The van der Waals surface area contributed by atoms with Crippen molar-refractivity contribution in [2.75, 3.05) is 19.0 Å². The van der Waals surface area contributed by atoms with Crippen LogP contribution >= 0.6 is 0 Å². The monoisotopic (exact) mass is 307 g/mol. The maximum absolute atomic E-state index is 13.0. The van der Waals surface area contributed by atoms with Crippen LogP contribution in [0, 0.1) is 11.6 Å². The van der Waals surface area contributed by atoms with Crippen molar-refractivity contribution >= 4 is 11.6 Å². The number of nitrogens with one attached hydrogen (secondary N) is 1. The Bertz CT molecular complexity index is 624. The fourth-order valence-corrected chi connectivity index (χ4v) is 1.78. The molecule has 0 unspecified atom stereocenters. The molecule has 0 heterocycles. The molecule has 0 saturated heterocycles. The summed E-state index contributed by atoms with van der Waals surface area (Å²) in [5.74, 6) is -0.572. The molecule has 0 saturated carbocycles. The molecule has 0 radical (unpaired) electrons. The van der Waals surface area contributed by atoms with E-state index < -0.39 is 17.5 Å². The van der Waals surface area contributed by atoms with Crippen LogP contribution in [0.15, 0.2) is 42.5 Å². The summed E-state index contributed by atoms with van der Waals surface area (Å²) in [6.07, 6.45) is 0.0597. The van der Waals surface area contributed by atoms with Gasteiger partial charge in [-0.2, -0.15) is 0 Å². The van der Waals surface area contributed by atoms with Gasteiger partial charge in [0, 0.05) is 11.8 Å². The van der Waals surface area contributed by atoms with E-state index in [1.54, 1.807) is 31.4 Å². The number of benzene rings is 2. The predicted molar refractivity (Wildman–Crippen MR) is 78.1 cm³/mol. The minimum absolute atomic E-state index is 0.0597. The number of carbonyl (C=O) groups is 1. The molecule has 0 aromatic heterocycles. The number of anilines is 1. The first-order valence-electron chi connectivity index (χ1n) is 6.59. The Morgan fingerprint density at radius 1 is 1.05 bits per heavy atom. The van der Waals surface area contributed by atoms with E-state index in [0.29, 0.717) is 11.5 Å². The summed E-state index contributed by atoms with van der Waals surface area (Å²) in [6.45, 7) is 0.149. The summed E-state index contributed by atoms with van der Waals surface area (Å²) >= 11 is 0. The third-order valence-electron chi connectivity index (χ3n) is 2.80. The number of hydrogen-bond acceptors (Lipinski definition) is 3. The number of halogens is 2. The Kier molecular flexibility index (Phi) is 5.30. The molecule has 1 N–H and O–H groups in total. The van der Waals surface area contributed by atoms with Crippen LogP contribution in [0.4, 0.5) is 14.5 Å². The van der Waals surface area contributed by atoms with Crippen LogP contribution in [0.5, 0.6) is 11.5 Å². The minimum Gasteiger partial charge on any atom is -0.497 e. The van der Waals surface area contributed by atoms with Gasteiger partial charge in [0.15, 0.2) is 0 Å². The van der Waals surface area contributed by atoms with E-state index in [-0.39, 0.29) is 18.7 Å². The topological polar surface area (TPSA) is 47.6 Å². The average molecular weight is 307 g/mol. The van der Waals surface area contributed by atoms with Gasteiger partial charge in [-0.15, -0.1) is 0 Å². The van der Waals surface area contributed by atoms with Gasteiger partial charge in [-0.3, -0.25) is 4.79 Å². The molecule has 0 aliphatic rings. The highest BCUT2D eigenvalue weighted by Gasteiger charge is 2.06. The predicted octanol–water partition coefficient (Wildman–Crippen LogP) is 3.38. The van der Waals surface area contributed by atoms with Crippen molar-refractivity contribution in [2.24, 2.45) is 0 Å². The molecule has 22 heavy (non-hydrogen) atoms. The number of amides is 1. The lowest BCUT2D eigenvalue weighted by Gasteiger charge is -2.08. The second-order valence-electron chi connectivity index (χ2n) is 4.48. The number of carbonyl (C=O) groups excluding carboxylic acids is 1. The van der Waals surface area contributed by atoms with Gasteiger partial charge in [0.25, 0.3) is 0 Å². The molecule has 116 valence electrons. The van der Waals surface area contributed by atoms with Crippen molar-refractivity contribution in [3.63, 3.8) is 0 Å². The Balaban J connectivity index is 1.79. The zero-order chi connectivity index (χ0) is 15.9. The molecule has 0 bridgehead atoms. The van der Waals surface area contributed by atoms with E-state index in [1.165, 1.54) is 0 Å². The Labute approximate surface area is 126 Å². The molecule has 4 nitrogen and oxygen atoms in total. The maximum atomic E-state index is 13.0. The standard InChI is InChI=1S/C16H15F2NO3/c1-21-14-2-4-15(5-3-14)22-7-6-16(20)19-13-9-11(17)8-12(18)10-13/h2-5,8-10H,6-7H2,1H3,(H,19,20). The number of hydrogen-bond donors (Lipinski definition) is 1. The van der Waals surface area contributed by atoms with Crippen LogP contribution in [0.3, 0.4) is 0 Å². The molecule has 1 amide bonds. The third kappa shape index (κ3) is 4.73. The van der Waals surface area contributed by atoms with E-state index in [0.717, 1.165) is 18.2 Å². The van der Waals surface area contributed by atoms with E-state index in [9.17, 15) is 13.6 Å². The summed E-state index contributed by atoms with van der Waals surface area (Å²) in [6, 6.07) is 9.76. The van der Waals surface area contributed by atoms with Gasteiger partial charge in [0.1, 0.15) is 23.1 Å². The molecule has 0 fully saturated rings. The quantitative estimate of drug-likeness (QED) is 0.890. The fraction of sp³-hybridized carbons (Fsp3) is 0.188. The lowest BCUT2D eigenvalue weighted by molar-refractivity contribution is -0.116. The molecule has 0 spiro atoms. The molecular formula is C16H15F2NO3. The summed E-state index contributed by atoms with van der Waals surface area (Å²) in [4.78, 5) is 11.7. The zero-order valence-electron chi connectivity index (χ0n) is 11.9. The Morgan fingerprint density at radius 2 is 1.64 bits per heavy atom. The molecule has 2 aromatic rings. The summed E-state index contributed by atoms with van der Waals surface area (Å²) in [5, 5.41) is 2.41. The van der Waals surface area contributed by atoms with Gasteiger partial charge in [-0.05, 0) is 36.4 Å². The number of methoxy groups -OCH3 is 1. The van der Waals surface area contributed by atoms with Gasteiger partial charge in [0.05, 0.1) is 20.1 Å². The summed E-state index contributed by atoms with van der Waals surface area (Å²) in [5.41, 5.74) is 0.0759. The van der Waals surface area contributed by atoms with Crippen LogP contribution in [0.25, 0.3) is 0 Å². The number of rotatable bonds is 6. The van der Waals surface area contributed by atoms with Crippen molar-refractivity contribution in [1.29, 1.82) is 0 Å². The lowest BCUT2D eigenvalue weighted by Crippen LogP contribution is -2.15. The number of ether oxygens (including phenoxy) is 2. The highest BCUT2D eigenvalue weighted by molar-refractivity contribution is 5.90. The van der Waals surface area contributed by atoms with Crippen molar-refractivity contribution in [2.45, 2.75) is 6.42 Å². The maximum Gasteiger partial charge on any atom is 0.227 e. The highest BCUT2D eigenvalue weighted by atomic mass is 19.1.